The number of hydrogen-bond acceptors (Lipinski definition) is 11. The molecule has 1 amide bonds. The predicted octanol–water partition coefficient (Wildman–Crippen LogP) is -0.246. The number of fused-ring (bicyclic) bond motifs is 1. The van der Waals surface area contributed by atoms with Gasteiger partial charge in [0.25, 0.3) is 5.91 Å². The molecule has 13 heteroatoms. The third-order valence-corrected chi connectivity index (χ3v) is 6.01. The molecule has 37 heavy (non-hydrogen) atoms. The van der Waals surface area contributed by atoms with Gasteiger partial charge < -0.3 is 40.2 Å². The molecule has 2 fully saturated rings. The monoisotopic (exact) mass is 510 g/mol. The summed E-state index contributed by atoms with van der Waals surface area (Å²) in [4.78, 5) is 25.2. The van der Waals surface area contributed by atoms with E-state index in [-0.39, 0.29) is 35.5 Å². The van der Waals surface area contributed by atoms with E-state index in [9.17, 15) is 15.0 Å². The van der Waals surface area contributed by atoms with Gasteiger partial charge in [0, 0.05) is 12.1 Å². The summed E-state index contributed by atoms with van der Waals surface area (Å²) in [6.07, 6.45) is -2.06. The van der Waals surface area contributed by atoms with Crippen LogP contribution in [0.25, 0.3) is 11.2 Å². The maximum Gasteiger partial charge on any atom is 0.252 e. The molecule has 0 bridgehead atoms. The fourth-order valence-corrected chi connectivity index (χ4v) is 3.92. The molecule has 5 rings (SSSR count). The van der Waals surface area contributed by atoms with Crippen LogP contribution in [0.2, 0.25) is 0 Å². The Bertz CT molecular complexity index is 1380. The fraction of sp³-hybridized carbons (Fsp3) is 0.417. The van der Waals surface area contributed by atoms with Crippen LogP contribution < -0.4 is 25.3 Å². The van der Waals surface area contributed by atoms with E-state index in [0.29, 0.717) is 17.2 Å². The number of nitrogens with one attached hydrogen (secondary N) is 1. The summed E-state index contributed by atoms with van der Waals surface area (Å²) in [7, 11) is 3.08. The first-order valence-corrected chi connectivity index (χ1v) is 11.5. The SMILES string of the molecule is COc1ccc(OC)c(OCC#Cc2nc(N)c3ncn(C4OC(C(=O)NC5CC5)C(O)C4O)c3n2)c1. The smallest absolute Gasteiger partial charge is 0.252 e. The van der Waals surface area contributed by atoms with Crippen LogP contribution in [-0.2, 0) is 9.53 Å². The number of aliphatic hydroxyl groups is 2. The lowest BCUT2D eigenvalue weighted by Crippen LogP contribution is -2.43. The summed E-state index contributed by atoms with van der Waals surface area (Å²) in [6.45, 7) is -0.00147. The minimum absolute atomic E-state index is 0.00147. The van der Waals surface area contributed by atoms with Crippen molar-refractivity contribution in [2.45, 2.75) is 43.4 Å². The van der Waals surface area contributed by atoms with E-state index in [1.807, 2.05) is 0 Å². The van der Waals surface area contributed by atoms with E-state index in [2.05, 4.69) is 32.1 Å². The highest BCUT2D eigenvalue weighted by Crippen LogP contribution is 2.33. The van der Waals surface area contributed by atoms with Crippen LogP contribution in [0.3, 0.4) is 0 Å². The van der Waals surface area contributed by atoms with Crippen molar-refractivity contribution in [3.63, 3.8) is 0 Å². The summed E-state index contributed by atoms with van der Waals surface area (Å²) in [5.74, 6) is 6.87. The fourth-order valence-electron chi connectivity index (χ4n) is 3.92. The molecule has 0 spiro atoms. The van der Waals surface area contributed by atoms with E-state index < -0.39 is 30.4 Å². The molecule has 5 N–H and O–H groups in total. The molecule has 1 aliphatic heterocycles. The Morgan fingerprint density at radius 1 is 1.22 bits per heavy atom. The average Bonchev–Trinajstić information content (AvgIpc) is 3.53. The first kappa shape index (κ1) is 24.6. The molecule has 3 heterocycles. The lowest BCUT2D eigenvalue weighted by Gasteiger charge is -2.16. The Balaban J connectivity index is 1.35. The zero-order chi connectivity index (χ0) is 26.1. The molecule has 13 nitrogen and oxygen atoms in total. The van der Waals surface area contributed by atoms with Gasteiger partial charge in [-0.2, -0.15) is 0 Å². The number of nitrogens with zero attached hydrogens (tertiary/aromatic N) is 4. The Labute approximate surface area is 211 Å². The molecular weight excluding hydrogens is 484 g/mol. The van der Waals surface area contributed by atoms with Gasteiger partial charge in [0.05, 0.1) is 20.5 Å². The van der Waals surface area contributed by atoms with Gasteiger partial charge in [0.1, 0.15) is 30.1 Å². The van der Waals surface area contributed by atoms with Crippen LogP contribution >= 0.6 is 0 Å². The van der Waals surface area contributed by atoms with Crippen LogP contribution in [0.15, 0.2) is 24.5 Å². The number of nitrogens with two attached hydrogens (primary N) is 1. The first-order valence-electron chi connectivity index (χ1n) is 11.5. The molecule has 3 aromatic rings. The number of aliphatic hydroxyl groups excluding tert-OH is 2. The second-order valence-corrected chi connectivity index (χ2v) is 8.58. The number of nitrogen functional groups attached to an aromatic ring is 1. The van der Waals surface area contributed by atoms with E-state index in [1.54, 1.807) is 25.3 Å². The van der Waals surface area contributed by atoms with E-state index in [4.69, 9.17) is 24.7 Å². The van der Waals surface area contributed by atoms with Gasteiger partial charge in [-0.3, -0.25) is 9.36 Å². The normalized spacial score (nSPS) is 22.8. The minimum atomic E-state index is -1.43. The molecule has 1 aromatic carbocycles. The molecule has 4 unspecified atom stereocenters. The van der Waals surface area contributed by atoms with Gasteiger partial charge >= 0.3 is 0 Å². The third-order valence-electron chi connectivity index (χ3n) is 6.01. The molecule has 2 aromatic heterocycles. The Morgan fingerprint density at radius 3 is 2.76 bits per heavy atom. The number of imidazole rings is 1. The first-order chi connectivity index (χ1) is 17.9. The zero-order valence-electron chi connectivity index (χ0n) is 20.1. The summed E-state index contributed by atoms with van der Waals surface area (Å²) in [5, 5.41) is 23.8. The number of carbonyl (C=O) groups is 1. The number of aromatic nitrogens is 4. The number of carbonyl (C=O) groups excluding carboxylic acids is 1. The second-order valence-electron chi connectivity index (χ2n) is 8.58. The largest absolute Gasteiger partial charge is 0.497 e. The van der Waals surface area contributed by atoms with Crippen molar-refractivity contribution in [3.8, 4) is 29.1 Å². The van der Waals surface area contributed by atoms with Crippen LogP contribution in [-0.4, -0.2) is 80.8 Å². The number of hydrogen-bond donors (Lipinski definition) is 4. The van der Waals surface area contributed by atoms with Crippen molar-refractivity contribution < 1.29 is 34.0 Å². The highest BCUT2D eigenvalue weighted by Gasteiger charge is 2.48. The lowest BCUT2D eigenvalue weighted by molar-refractivity contribution is -0.137. The van der Waals surface area contributed by atoms with Gasteiger partial charge in [0.15, 0.2) is 35.3 Å². The Hall–Kier alpha value is -4.12. The highest BCUT2D eigenvalue weighted by molar-refractivity contribution is 5.83. The van der Waals surface area contributed by atoms with Gasteiger partial charge in [0.2, 0.25) is 5.82 Å². The second kappa shape index (κ2) is 10.1. The molecule has 2 aliphatic rings. The summed E-state index contributed by atoms with van der Waals surface area (Å²) >= 11 is 0. The number of anilines is 1. The number of ether oxygens (including phenoxy) is 4. The van der Waals surface area contributed by atoms with Crippen molar-refractivity contribution in [2.75, 3.05) is 26.6 Å². The predicted molar refractivity (Wildman–Crippen MR) is 129 cm³/mol. The summed E-state index contributed by atoms with van der Waals surface area (Å²) in [5.41, 5.74) is 6.55. The van der Waals surface area contributed by atoms with Gasteiger partial charge in [-0.1, -0.05) is 5.92 Å². The molecular formula is C24H26N6O7. The molecule has 194 valence electrons. The van der Waals surface area contributed by atoms with Crippen molar-refractivity contribution in [3.05, 3.63) is 30.4 Å². The number of methoxy groups -OCH3 is 2. The number of amides is 1. The molecule has 0 radical (unpaired) electrons. The van der Waals surface area contributed by atoms with Crippen LogP contribution in [0.1, 0.15) is 24.9 Å². The zero-order valence-corrected chi connectivity index (χ0v) is 20.1. The Kier molecular flexibility index (Phi) is 6.70. The maximum absolute atomic E-state index is 12.4. The number of rotatable bonds is 7. The van der Waals surface area contributed by atoms with Gasteiger partial charge in [-0.25, -0.2) is 15.0 Å². The highest BCUT2D eigenvalue weighted by atomic mass is 16.6. The lowest BCUT2D eigenvalue weighted by atomic mass is 10.1. The summed E-state index contributed by atoms with van der Waals surface area (Å²) in [6, 6.07) is 5.23. The van der Waals surface area contributed by atoms with E-state index >= 15 is 0 Å². The van der Waals surface area contributed by atoms with Crippen LogP contribution in [0.5, 0.6) is 17.2 Å². The third kappa shape index (κ3) is 4.94. The number of benzene rings is 1. The standard InChI is InChI=1S/C24H26N6O7/c1-34-13-7-8-14(35-2)15(10-13)36-9-3-4-16-28-21(25)17-22(29-16)30(11-26-17)24-19(32)18(31)20(37-24)23(33)27-12-5-6-12/h7-8,10-12,18-20,24,31-32H,5-6,9H2,1-2H3,(H,27,33)(H2,25,28,29). The maximum atomic E-state index is 12.4. The summed E-state index contributed by atoms with van der Waals surface area (Å²) < 4.78 is 23.3. The van der Waals surface area contributed by atoms with Crippen molar-refractivity contribution in [2.24, 2.45) is 0 Å². The van der Waals surface area contributed by atoms with Gasteiger partial charge in [-0.05, 0) is 30.9 Å². The van der Waals surface area contributed by atoms with Gasteiger partial charge in [-0.15, -0.1) is 0 Å². The van der Waals surface area contributed by atoms with Crippen molar-refractivity contribution >= 4 is 22.9 Å². The van der Waals surface area contributed by atoms with Crippen molar-refractivity contribution in [1.82, 2.24) is 24.8 Å². The molecule has 1 saturated carbocycles. The van der Waals surface area contributed by atoms with E-state index in [1.165, 1.54) is 18.0 Å². The van der Waals surface area contributed by atoms with Crippen LogP contribution in [0.4, 0.5) is 5.82 Å². The molecule has 1 saturated heterocycles. The topological polar surface area (TPSA) is 176 Å². The molecule has 4 atom stereocenters. The Morgan fingerprint density at radius 2 is 2.03 bits per heavy atom. The van der Waals surface area contributed by atoms with E-state index in [0.717, 1.165) is 12.8 Å². The minimum Gasteiger partial charge on any atom is -0.497 e. The molecule has 1 aliphatic carbocycles. The van der Waals surface area contributed by atoms with Crippen LogP contribution in [0, 0.1) is 11.8 Å². The quantitative estimate of drug-likeness (QED) is 0.308. The van der Waals surface area contributed by atoms with Crippen molar-refractivity contribution in [1.29, 1.82) is 0 Å². The average molecular weight is 511 g/mol.